The summed E-state index contributed by atoms with van der Waals surface area (Å²) in [6, 6.07) is 19.6. The van der Waals surface area contributed by atoms with Gasteiger partial charge in [0.05, 0.1) is 22.8 Å². The van der Waals surface area contributed by atoms with Crippen molar-refractivity contribution in [3.05, 3.63) is 92.8 Å². The summed E-state index contributed by atoms with van der Waals surface area (Å²) in [4.78, 5) is 29.6. The van der Waals surface area contributed by atoms with Crippen LogP contribution in [0.3, 0.4) is 0 Å². The van der Waals surface area contributed by atoms with E-state index in [0.717, 1.165) is 10.9 Å². The Balaban J connectivity index is 1.81. The second kappa shape index (κ2) is 9.92. The molecule has 188 valence electrons. The Labute approximate surface area is 223 Å². The number of halogens is 2. The number of nitrogens with zero attached hydrogens (tertiary/aromatic N) is 4. The maximum Gasteiger partial charge on any atom is 0.296 e. The number of carbonyl (C=O) groups excluding carboxylic acids is 1. The van der Waals surface area contributed by atoms with Crippen molar-refractivity contribution in [2.75, 3.05) is 18.6 Å². The zero-order chi connectivity index (χ0) is 26.3. The number of hydrogen-bond acceptors (Lipinski definition) is 4. The second-order valence-electron chi connectivity index (χ2n) is 8.62. The summed E-state index contributed by atoms with van der Waals surface area (Å²) in [5.74, 6) is 0.302. The Bertz CT molecular complexity index is 1710. The van der Waals surface area contributed by atoms with E-state index in [4.69, 9.17) is 27.9 Å². The molecular formula is C28H24Cl2N4O3. The molecule has 9 heteroatoms. The number of hydrogen-bond donors (Lipinski definition) is 0. The van der Waals surface area contributed by atoms with Gasteiger partial charge < -0.3 is 14.2 Å². The van der Waals surface area contributed by atoms with Crippen LogP contribution < -0.4 is 15.2 Å². The minimum Gasteiger partial charge on any atom is -0.497 e. The van der Waals surface area contributed by atoms with Crippen molar-refractivity contribution in [2.24, 2.45) is 7.05 Å². The molecule has 0 N–H and O–H groups in total. The zero-order valence-corrected chi connectivity index (χ0v) is 22.0. The molecule has 2 aromatic heterocycles. The number of aromatic nitrogens is 3. The number of benzene rings is 3. The minimum absolute atomic E-state index is 0.168. The number of anilines is 1. The minimum atomic E-state index is -0.344. The summed E-state index contributed by atoms with van der Waals surface area (Å²) < 4.78 is 8.34. The lowest BCUT2D eigenvalue weighted by Gasteiger charge is -2.23. The lowest BCUT2D eigenvalue weighted by molar-refractivity contribution is 0.0982. The standard InChI is InChI=1S/C28H24Cl2N4O3/c1-4-15-33(18-11-14-21(29)22(30)16-18)27(35)25-24-20-7-5-6-8-23(20)32(2)26(24)28(36)34(31-25)17-9-12-19(37-3)13-10-17/h5-14,16H,4,15H2,1-3H3. The number of fused-ring (bicyclic) bond motifs is 3. The third-order valence-corrected chi connectivity index (χ3v) is 7.10. The zero-order valence-electron chi connectivity index (χ0n) is 20.5. The molecule has 2 heterocycles. The lowest BCUT2D eigenvalue weighted by atomic mass is 10.1. The first-order chi connectivity index (χ1) is 17.8. The highest BCUT2D eigenvalue weighted by molar-refractivity contribution is 6.42. The summed E-state index contributed by atoms with van der Waals surface area (Å²) in [5, 5.41) is 6.70. The highest BCUT2D eigenvalue weighted by Gasteiger charge is 2.27. The van der Waals surface area contributed by atoms with Crippen LogP contribution in [0, 0.1) is 0 Å². The maximum absolute atomic E-state index is 14.2. The van der Waals surface area contributed by atoms with Crippen molar-refractivity contribution in [1.82, 2.24) is 14.3 Å². The van der Waals surface area contributed by atoms with Crippen molar-refractivity contribution in [2.45, 2.75) is 13.3 Å². The van der Waals surface area contributed by atoms with Crippen LogP contribution in [-0.4, -0.2) is 33.9 Å². The van der Waals surface area contributed by atoms with Gasteiger partial charge in [-0.2, -0.15) is 9.78 Å². The molecular weight excluding hydrogens is 511 g/mol. The van der Waals surface area contributed by atoms with Crippen molar-refractivity contribution in [3.63, 3.8) is 0 Å². The van der Waals surface area contributed by atoms with Crippen LogP contribution >= 0.6 is 23.2 Å². The van der Waals surface area contributed by atoms with Gasteiger partial charge in [-0.15, -0.1) is 0 Å². The summed E-state index contributed by atoms with van der Waals surface area (Å²) in [6.07, 6.45) is 0.697. The molecule has 5 rings (SSSR count). The Morgan fingerprint density at radius 3 is 2.43 bits per heavy atom. The fourth-order valence-electron chi connectivity index (χ4n) is 4.58. The third kappa shape index (κ3) is 4.24. The molecule has 0 unspecified atom stereocenters. The number of rotatable bonds is 6. The molecule has 0 aliphatic rings. The summed E-state index contributed by atoms with van der Waals surface area (Å²) in [5.41, 5.74) is 2.17. The van der Waals surface area contributed by atoms with Gasteiger partial charge in [0.15, 0.2) is 5.69 Å². The Hall–Kier alpha value is -3.81. The van der Waals surface area contributed by atoms with Crippen LogP contribution in [0.5, 0.6) is 5.75 Å². The molecule has 5 aromatic rings. The van der Waals surface area contributed by atoms with Crippen molar-refractivity contribution in [1.29, 1.82) is 0 Å². The van der Waals surface area contributed by atoms with E-state index in [9.17, 15) is 9.59 Å². The molecule has 0 saturated carbocycles. The van der Waals surface area contributed by atoms with E-state index in [2.05, 4.69) is 5.10 Å². The fraction of sp³-hybridized carbons (Fsp3) is 0.179. The van der Waals surface area contributed by atoms with Crippen LogP contribution in [0.1, 0.15) is 23.8 Å². The predicted octanol–water partition coefficient (Wildman–Crippen LogP) is 6.25. The van der Waals surface area contributed by atoms with E-state index >= 15 is 0 Å². The number of methoxy groups -OCH3 is 1. The molecule has 1 amide bonds. The van der Waals surface area contributed by atoms with Crippen LogP contribution in [0.2, 0.25) is 10.0 Å². The molecule has 0 spiro atoms. The van der Waals surface area contributed by atoms with Crippen LogP contribution in [0.15, 0.2) is 71.5 Å². The number of amides is 1. The Kier molecular flexibility index (Phi) is 6.67. The van der Waals surface area contributed by atoms with Crippen LogP contribution in [0.4, 0.5) is 5.69 Å². The molecule has 7 nitrogen and oxygen atoms in total. The number of ether oxygens (including phenoxy) is 1. The van der Waals surface area contributed by atoms with Gasteiger partial charge in [0, 0.05) is 35.6 Å². The van der Waals surface area contributed by atoms with Crippen molar-refractivity contribution in [3.8, 4) is 11.4 Å². The highest BCUT2D eigenvalue weighted by Crippen LogP contribution is 2.32. The average Bonchev–Trinajstić information content (AvgIpc) is 3.22. The predicted molar refractivity (Wildman–Crippen MR) is 149 cm³/mol. The first-order valence-corrected chi connectivity index (χ1v) is 12.5. The van der Waals surface area contributed by atoms with Gasteiger partial charge in [-0.25, -0.2) is 0 Å². The van der Waals surface area contributed by atoms with E-state index in [-0.39, 0.29) is 17.2 Å². The molecule has 0 aliphatic carbocycles. The van der Waals surface area contributed by atoms with Crippen LogP contribution in [0.25, 0.3) is 27.5 Å². The molecule has 0 aliphatic heterocycles. The first kappa shape index (κ1) is 24.9. The van der Waals surface area contributed by atoms with Gasteiger partial charge in [-0.1, -0.05) is 48.3 Å². The molecule has 0 fully saturated rings. The van der Waals surface area contributed by atoms with E-state index in [1.165, 1.54) is 4.68 Å². The molecule has 37 heavy (non-hydrogen) atoms. The lowest BCUT2D eigenvalue weighted by Crippen LogP contribution is -2.35. The molecule has 0 bridgehead atoms. The molecule has 3 aromatic carbocycles. The third-order valence-electron chi connectivity index (χ3n) is 6.37. The van der Waals surface area contributed by atoms with E-state index < -0.39 is 0 Å². The fourth-order valence-corrected chi connectivity index (χ4v) is 4.87. The van der Waals surface area contributed by atoms with Gasteiger partial charge in [-0.05, 0) is 55.0 Å². The highest BCUT2D eigenvalue weighted by atomic mass is 35.5. The SMILES string of the molecule is CCCN(C(=O)c1nn(-c2ccc(OC)cc2)c(=O)c2c1c1ccccc1n2C)c1ccc(Cl)c(Cl)c1. The Morgan fingerprint density at radius 1 is 1.03 bits per heavy atom. The summed E-state index contributed by atoms with van der Waals surface area (Å²) in [6.45, 7) is 2.41. The number of aryl methyl sites for hydroxylation is 1. The topological polar surface area (TPSA) is 69.4 Å². The first-order valence-electron chi connectivity index (χ1n) is 11.8. The molecule has 0 saturated heterocycles. The molecule has 0 radical (unpaired) electrons. The van der Waals surface area contributed by atoms with Gasteiger partial charge in [0.2, 0.25) is 0 Å². The van der Waals surface area contributed by atoms with E-state index in [0.29, 0.717) is 51.0 Å². The van der Waals surface area contributed by atoms with Gasteiger partial charge in [0.1, 0.15) is 11.3 Å². The maximum atomic E-state index is 14.2. The van der Waals surface area contributed by atoms with Crippen molar-refractivity contribution < 1.29 is 9.53 Å². The number of carbonyl (C=O) groups is 1. The van der Waals surface area contributed by atoms with Gasteiger partial charge in [0.25, 0.3) is 11.5 Å². The van der Waals surface area contributed by atoms with Crippen molar-refractivity contribution >= 4 is 56.6 Å². The van der Waals surface area contributed by atoms with Gasteiger partial charge >= 0.3 is 0 Å². The number of para-hydroxylation sites is 1. The molecule has 0 atom stereocenters. The van der Waals surface area contributed by atoms with Crippen LogP contribution in [-0.2, 0) is 7.05 Å². The smallest absolute Gasteiger partial charge is 0.296 e. The largest absolute Gasteiger partial charge is 0.497 e. The summed E-state index contributed by atoms with van der Waals surface area (Å²) >= 11 is 12.4. The Morgan fingerprint density at radius 2 is 1.76 bits per heavy atom. The summed E-state index contributed by atoms with van der Waals surface area (Å²) in [7, 11) is 3.39. The average molecular weight is 535 g/mol. The normalized spacial score (nSPS) is 11.3. The van der Waals surface area contributed by atoms with E-state index in [1.54, 1.807) is 54.5 Å². The van der Waals surface area contributed by atoms with Gasteiger partial charge in [-0.3, -0.25) is 9.59 Å². The monoisotopic (exact) mass is 534 g/mol. The quantitative estimate of drug-likeness (QED) is 0.258. The van der Waals surface area contributed by atoms with E-state index in [1.807, 2.05) is 42.8 Å². The second-order valence-corrected chi connectivity index (χ2v) is 9.43.